The minimum Gasteiger partial charge on any atom is -0.365 e. The second kappa shape index (κ2) is 4.49. The van der Waals surface area contributed by atoms with Gasteiger partial charge in [-0.1, -0.05) is 6.07 Å². The molecule has 1 fully saturated rings. The first-order chi connectivity index (χ1) is 9.09. The van der Waals surface area contributed by atoms with E-state index >= 15 is 0 Å². The van der Waals surface area contributed by atoms with Crippen molar-refractivity contribution in [3.8, 4) is 0 Å². The number of carbonyl (C=O) groups excluding carboxylic acids is 1. The maximum absolute atomic E-state index is 14.2. The normalized spacial score (nSPS) is 22.5. The molecule has 1 amide bonds. The molecule has 2 aliphatic rings. The van der Waals surface area contributed by atoms with E-state index in [-0.39, 0.29) is 30.4 Å². The quantitative estimate of drug-likeness (QED) is 0.831. The molecule has 0 saturated carbocycles. The maximum Gasteiger partial charge on any atom is 0.241 e. The fraction of sp³-hybridized carbons (Fsp3) is 0.500. The van der Waals surface area contributed by atoms with Gasteiger partial charge in [-0.25, -0.2) is 4.39 Å². The molecular formula is C14H18FN3O. The van der Waals surface area contributed by atoms with Crippen molar-refractivity contribution in [2.24, 2.45) is 0 Å². The van der Waals surface area contributed by atoms with Crippen LogP contribution in [0.15, 0.2) is 18.2 Å². The Bertz CT molecular complexity index is 517. The summed E-state index contributed by atoms with van der Waals surface area (Å²) < 4.78 is 14.2. The second-order valence-corrected chi connectivity index (χ2v) is 5.40. The molecule has 0 bridgehead atoms. The number of carbonyl (C=O) groups is 1. The monoisotopic (exact) mass is 263 g/mol. The Labute approximate surface area is 112 Å². The number of amides is 1. The molecular weight excluding hydrogens is 245 g/mol. The van der Waals surface area contributed by atoms with Gasteiger partial charge in [0.15, 0.2) is 0 Å². The smallest absolute Gasteiger partial charge is 0.241 e. The Morgan fingerprint density at radius 1 is 1.42 bits per heavy atom. The first-order valence-corrected chi connectivity index (χ1v) is 6.67. The summed E-state index contributed by atoms with van der Waals surface area (Å²) in [6.45, 7) is 5.91. The van der Waals surface area contributed by atoms with Gasteiger partial charge in [-0.3, -0.25) is 4.79 Å². The molecule has 1 unspecified atom stereocenters. The Balaban J connectivity index is 2.14. The Morgan fingerprint density at radius 3 is 2.95 bits per heavy atom. The Morgan fingerprint density at radius 2 is 2.21 bits per heavy atom. The van der Waals surface area contributed by atoms with Crippen molar-refractivity contribution in [1.82, 2.24) is 5.32 Å². The molecule has 2 heterocycles. The van der Waals surface area contributed by atoms with E-state index in [1.54, 1.807) is 11.0 Å². The van der Waals surface area contributed by atoms with Crippen molar-refractivity contribution in [3.05, 3.63) is 24.0 Å². The molecule has 0 aromatic heterocycles. The van der Waals surface area contributed by atoms with Crippen LogP contribution in [0.1, 0.15) is 13.8 Å². The number of nitrogens with zero attached hydrogens (tertiary/aromatic N) is 2. The van der Waals surface area contributed by atoms with Crippen LogP contribution in [0.5, 0.6) is 0 Å². The first kappa shape index (κ1) is 12.4. The molecule has 0 radical (unpaired) electrons. The molecule has 1 N–H and O–H groups in total. The van der Waals surface area contributed by atoms with E-state index < -0.39 is 0 Å². The van der Waals surface area contributed by atoms with Crippen LogP contribution < -0.4 is 15.1 Å². The molecule has 2 aliphatic heterocycles. The molecule has 19 heavy (non-hydrogen) atoms. The average Bonchev–Trinajstić information content (AvgIpc) is 2.38. The molecule has 102 valence electrons. The predicted octanol–water partition coefficient (Wildman–Crippen LogP) is 1.36. The van der Waals surface area contributed by atoms with Gasteiger partial charge in [-0.2, -0.15) is 0 Å². The number of benzene rings is 1. The number of rotatable bonds is 1. The number of piperazine rings is 1. The summed E-state index contributed by atoms with van der Waals surface area (Å²) >= 11 is 0. The van der Waals surface area contributed by atoms with E-state index in [9.17, 15) is 9.18 Å². The summed E-state index contributed by atoms with van der Waals surface area (Å²) in [5.41, 5.74) is 1.26. The molecule has 1 aromatic rings. The number of para-hydroxylation sites is 1. The lowest BCUT2D eigenvalue weighted by molar-refractivity contribution is -0.119. The zero-order valence-corrected chi connectivity index (χ0v) is 11.2. The zero-order chi connectivity index (χ0) is 13.6. The lowest BCUT2D eigenvalue weighted by Gasteiger charge is -2.47. The fourth-order valence-corrected chi connectivity index (χ4v) is 2.97. The number of nitrogens with one attached hydrogen (secondary N) is 1. The highest BCUT2D eigenvalue weighted by molar-refractivity contribution is 6.00. The van der Waals surface area contributed by atoms with Gasteiger partial charge < -0.3 is 15.1 Å². The van der Waals surface area contributed by atoms with E-state index in [0.29, 0.717) is 12.2 Å². The Kier molecular flexibility index (Phi) is 2.93. The van der Waals surface area contributed by atoms with Gasteiger partial charge in [0, 0.05) is 19.1 Å². The summed E-state index contributed by atoms with van der Waals surface area (Å²) in [6.07, 6.45) is 0. The fourth-order valence-electron chi connectivity index (χ4n) is 2.97. The number of fused-ring (bicyclic) bond motifs is 3. The van der Waals surface area contributed by atoms with Crippen molar-refractivity contribution in [2.45, 2.75) is 25.9 Å². The summed E-state index contributed by atoms with van der Waals surface area (Å²) in [5, 5.41) is 3.10. The minimum atomic E-state index is -0.317. The van der Waals surface area contributed by atoms with Crippen LogP contribution in [0.4, 0.5) is 15.8 Å². The van der Waals surface area contributed by atoms with E-state index in [4.69, 9.17) is 0 Å². The maximum atomic E-state index is 14.2. The van der Waals surface area contributed by atoms with Gasteiger partial charge in [0.2, 0.25) is 5.91 Å². The van der Waals surface area contributed by atoms with Crippen molar-refractivity contribution in [2.75, 3.05) is 29.4 Å². The van der Waals surface area contributed by atoms with Gasteiger partial charge in [-0.15, -0.1) is 0 Å². The van der Waals surface area contributed by atoms with Crippen LogP contribution in [0.25, 0.3) is 0 Å². The summed E-state index contributed by atoms with van der Waals surface area (Å²) in [4.78, 5) is 15.9. The standard InChI is InChI=1S/C14H18FN3O/c1-9(2)17-8-10-6-16-7-13(19)18(10)14-11(15)4-3-5-12(14)17/h3-5,9-10,16H,6-8H2,1-2H3. The SMILES string of the molecule is CC(C)N1CC2CNCC(=O)N2c2c(F)cccc21. The van der Waals surface area contributed by atoms with Crippen LogP contribution in [0.3, 0.4) is 0 Å². The largest absolute Gasteiger partial charge is 0.365 e. The van der Waals surface area contributed by atoms with Crippen LogP contribution in [-0.4, -0.2) is 37.6 Å². The van der Waals surface area contributed by atoms with Crippen molar-refractivity contribution >= 4 is 17.3 Å². The summed E-state index contributed by atoms with van der Waals surface area (Å²) in [7, 11) is 0. The third-order valence-corrected chi connectivity index (χ3v) is 3.84. The molecule has 1 atom stereocenters. The van der Waals surface area contributed by atoms with Gasteiger partial charge in [0.05, 0.1) is 18.3 Å². The highest BCUT2D eigenvalue weighted by Crippen LogP contribution is 2.39. The first-order valence-electron chi connectivity index (χ1n) is 6.67. The topological polar surface area (TPSA) is 35.6 Å². The van der Waals surface area contributed by atoms with Crippen LogP contribution >= 0.6 is 0 Å². The highest BCUT2D eigenvalue weighted by atomic mass is 19.1. The summed E-state index contributed by atoms with van der Waals surface area (Å²) in [5.74, 6) is -0.367. The molecule has 0 aliphatic carbocycles. The summed E-state index contributed by atoms with van der Waals surface area (Å²) in [6, 6.07) is 5.31. The third kappa shape index (κ3) is 1.89. The molecule has 4 nitrogen and oxygen atoms in total. The number of hydrogen-bond donors (Lipinski definition) is 1. The van der Waals surface area contributed by atoms with Crippen molar-refractivity contribution < 1.29 is 9.18 Å². The highest BCUT2D eigenvalue weighted by Gasteiger charge is 2.39. The number of halogens is 1. The lowest BCUT2D eigenvalue weighted by atomic mass is 10.0. The Hall–Kier alpha value is -1.62. The zero-order valence-electron chi connectivity index (χ0n) is 11.2. The molecule has 5 heteroatoms. The van der Waals surface area contributed by atoms with Crippen molar-refractivity contribution in [1.29, 1.82) is 0 Å². The predicted molar refractivity (Wildman–Crippen MR) is 73.0 cm³/mol. The molecule has 0 spiro atoms. The number of anilines is 2. The molecule has 3 rings (SSSR count). The van der Waals surface area contributed by atoms with E-state index in [2.05, 4.69) is 24.1 Å². The van der Waals surface area contributed by atoms with Gasteiger partial charge in [0.25, 0.3) is 0 Å². The van der Waals surface area contributed by atoms with Gasteiger partial charge in [-0.05, 0) is 26.0 Å². The van der Waals surface area contributed by atoms with E-state index in [0.717, 1.165) is 12.2 Å². The van der Waals surface area contributed by atoms with Crippen LogP contribution in [0, 0.1) is 5.82 Å². The van der Waals surface area contributed by atoms with Crippen molar-refractivity contribution in [3.63, 3.8) is 0 Å². The molecule has 1 aromatic carbocycles. The third-order valence-electron chi connectivity index (χ3n) is 3.84. The van der Waals surface area contributed by atoms with Crippen LogP contribution in [-0.2, 0) is 4.79 Å². The van der Waals surface area contributed by atoms with Gasteiger partial charge >= 0.3 is 0 Å². The molecule has 1 saturated heterocycles. The number of hydrogen-bond acceptors (Lipinski definition) is 3. The second-order valence-electron chi connectivity index (χ2n) is 5.40. The lowest BCUT2D eigenvalue weighted by Crippen LogP contribution is -2.62. The van der Waals surface area contributed by atoms with E-state index in [1.807, 2.05) is 6.07 Å². The van der Waals surface area contributed by atoms with E-state index in [1.165, 1.54) is 6.07 Å². The van der Waals surface area contributed by atoms with Gasteiger partial charge in [0.1, 0.15) is 11.5 Å². The average molecular weight is 263 g/mol. The van der Waals surface area contributed by atoms with Crippen LogP contribution in [0.2, 0.25) is 0 Å². The minimum absolute atomic E-state index is 0.00745.